The average molecular weight is 382 g/mol. The molecule has 3 aromatic rings. The van der Waals surface area contributed by atoms with Crippen LogP contribution in [0, 0.1) is 5.82 Å². The smallest absolute Gasteiger partial charge is 0.254 e. The molecule has 0 unspecified atom stereocenters. The number of likely N-dealkylation sites (N-methyl/N-ethyl adjacent to an activating group) is 1. The van der Waals surface area contributed by atoms with Gasteiger partial charge in [-0.1, -0.05) is 12.1 Å². The highest BCUT2D eigenvalue weighted by atomic mass is 19.1. The molecule has 1 N–H and O–H groups in total. The molecule has 0 fully saturated rings. The Labute approximate surface area is 161 Å². The van der Waals surface area contributed by atoms with Gasteiger partial charge in [0.15, 0.2) is 0 Å². The molecule has 0 radical (unpaired) electrons. The van der Waals surface area contributed by atoms with E-state index in [2.05, 4.69) is 20.8 Å². The fourth-order valence-electron chi connectivity index (χ4n) is 2.58. The quantitative estimate of drug-likeness (QED) is 0.670. The maximum Gasteiger partial charge on any atom is 0.254 e. The molecule has 1 aromatic heterocycles. The molecule has 0 atom stereocenters. The second kappa shape index (κ2) is 8.85. The summed E-state index contributed by atoms with van der Waals surface area (Å²) in [5.41, 5.74) is 1.97. The molecule has 0 saturated heterocycles. The summed E-state index contributed by atoms with van der Waals surface area (Å²) in [6.45, 7) is 2.40. The first-order valence-electron chi connectivity index (χ1n) is 8.70. The van der Waals surface area contributed by atoms with E-state index in [0.29, 0.717) is 12.1 Å². The number of hydrogen-bond acceptors (Lipinski definition) is 5. The molecular weight excluding hydrogens is 363 g/mol. The standard InChI is InChI=1S/C19H19FN6O2/c1-2-25(12-18(27)21-11-14-3-7-16(20)8-4-14)19(28)15-5-9-17(10-6-15)26-13-22-23-24-26/h3-10,13H,2,11-12H2,1H3,(H,21,27). The van der Waals surface area contributed by atoms with Crippen LogP contribution in [0.1, 0.15) is 22.8 Å². The summed E-state index contributed by atoms with van der Waals surface area (Å²) in [7, 11) is 0. The van der Waals surface area contributed by atoms with Crippen molar-refractivity contribution in [1.82, 2.24) is 30.4 Å². The minimum Gasteiger partial charge on any atom is -0.350 e. The van der Waals surface area contributed by atoms with Crippen molar-refractivity contribution >= 4 is 11.8 Å². The molecule has 9 heteroatoms. The Morgan fingerprint density at radius 3 is 2.43 bits per heavy atom. The van der Waals surface area contributed by atoms with Crippen molar-refractivity contribution in [2.45, 2.75) is 13.5 Å². The van der Waals surface area contributed by atoms with Crippen molar-refractivity contribution in [1.29, 1.82) is 0 Å². The number of tetrazole rings is 1. The molecule has 2 amide bonds. The van der Waals surface area contributed by atoms with E-state index in [0.717, 1.165) is 11.3 Å². The second-order valence-electron chi connectivity index (χ2n) is 6.02. The van der Waals surface area contributed by atoms with Crippen LogP contribution in [0.4, 0.5) is 4.39 Å². The van der Waals surface area contributed by atoms with Crippen molar-refractivity contribution in [2.75, 3.05) is 13.1 Å². The van der Waals surface area contributed by atoms with Gasteiger partial charge in [0, 0.05) is 18.7 Å². The Balaban J connectivity index is 1.58. The Hall–Kier alpha value is -3.62. The molecule has 0 aliphatic heterocycles. The molecule has 0 aliphatic carbocycles. The SMILES string of the molecule is CCN(CC(=O)NCc1ccc(F)cc1)C(=O)c1ccc(-n2cnnn2)cc1. The maximum absolute atomic E-state index is 12.9. The van der Waals surface area contributed by atoms with Crippen LogP contribution >= 0.6 is 0 Å². The molecule has 2 aromatic carbocycles. The highest BCUT2D eigenvalue weighted by molar-refractivity contribution is 5.96. The molecule has 3 rings (SSSR count). The van der Waals surface area contributed by atoms with E-state index in [9.17, 15) is 14.0 Å². The average Bonchev–Trinajstić information content (AvgIpc) is 3.26. The van der Waals surface area contributed by atoms with E-state index in [4.69, 9.17) is 0 Å². The summed E-state index contributed by atoms with van der Waals surface area (Å²) in [6.07, 6.45) is 1.46. The lowest BCUT2D eigenvalue weighted by Gasteiger charge is -2.20. The van der Waals surface area contributed by atoms with E-state index in [1.165, 1.54) is 28.0 Å². The van der Waals surface area contributed by atoms with Crippen molar-refractivity contribution in [3.05, 3.63) is 71.8 Å². The molecular formula is C19H19FN6O2. The second-order valence-corrected chi connectivity index (χ2v) is 6.02. The van der Waals surface area contributed by atoms with Crippen LogP contribution in [0.3, 0.4) is 0 Å². The number of nitrogens with zero attached hydrogens (tertiary/aromatic N) is 5. The lowest BCUT2D eigenvalue weighted by Crippen LogP contribution is -2.40. The first kappa shape index (κ1) is 19.2. The molecule has 0 bridgehead atoms. The minimum absolute atomic E-state index is 0.0642. The number of carbonyl (C=O) groups is 2. The van der Waals surface area contributed by atoms with Crippen LogP contribution in [0.2, 0.25) is 0 Å². The van der Waals surface area contributed by atoms with Gasteiger partial charge in [-0.2, -0.15) is 0 Å². The highest BCUT2D eigenvalue weighted by Gasteiger charge is 2.17. The number of rotatable bonds is 7. The summed E-state index contributed by atoms with van der Waals surface area (Å²) in [4.78, 5) is 26.3. The summed E-state index contributed by atoms with van der Waals surface area (Å²) >= 11 is 0. The predicted octanol–water partition coefficient (Wildman–Crippen LogP) is 1.58. The predicted molar refractivity (Wildman–Crippen MR) is 99.0 cm³/mol. The molecule has 0 saturated carbocycles. The summed E-state index contributed by atoms with van der Waals surface area (Å²) in [5, 5.41) is 13.7. The number of benzene rings is 2. The third kappa shape index (κ3) is 4.76. The van der Waals surface area contributed by atoms with E-state index in [1.807, 2.05) is 0 Å². The highest BCUT2D eigenvalue weighted by Crippen LogP contribution is 2.10. The summed E-state index contributed by atoms with van der Waals surface area (Å²) in [6, 6.07) is 12.7. The number of aromatic nitrogens is 4. The monoisotopic (exact) mass is 382 g/mol. The number of hydrogen-bond donors (Lipinski definition) is 1. The Kier molecular flexibility index (Phi) is 6.05. The summed E-state index contributed by atoms with van der Waals surface area (Å²) < 4.78 is 14.4. The van der Waals surface area contributed by atoms with Crippen LogP contribution in [-0.2, 0) is 11.3 Å². The van der Waals surface area contributed by atoms with Crippen molar-refractivity contribution < 1.29 is 14.0 Å². The molecule has 0 aliphatic rings. The summed E-state index contributed by atoms with van der Waals surface area (Å²) in [5.74, 6) is -0.864. The van der Waals surface area contributed by atoms with Crippen LogP contribution in [-0.4, -0.2) is 50.0 Å². The van der Waals surface area contributed by atoms with Gasteiger partial charge in [0.05, 0.1) is 12.2 Å². The van der Waals surface area contributed by atoms with Crippen molar-refractivity contribution in [2.24, 2.45) is 0 Å². The van der Waals surface area contributed by atoms with Gasteiger partial charge < -0.3 is 10.2 Å². The zero-order valence-electron chi connectivity index (χ0n) is 15.2. The van der Waals surface area contributed by atoms with Gasteiger partial charge in [-0.15, -0.1) is 5.10 Å². The van der Waals surface area contributed by atoms with E-state index in [-0.39, 0.29) is 30.7 Å². The number of halogens is 1. The lowest BCUT2D eigenvalue weighted by atomic mass is 10.1. The first-order chi connectivity index (χ1) is 13.6. The fourth-order valence-corrected chi connectivity index (χ4v) is 2.58. The Morgan fingerprint density at radius 1 is 1.11 bits per heavy atom. The third-order valence-corrected chi connectivity index (χ3v) is 4.13. The Bertz CT molecular complexity index is 926. The van der Waals surface area contributed by atoms with Gasteiger partial charge >= 0.3 is 0 Å². The number of carbonyl (C=O) groups excluding carboxylic acids is 2. The van der Waals surface area contributed by atoms with Crippen molar-refractivity contribution in [3.63, 3.8) is 0 Å². The van der Waals surface area contributed by atoms with Gasteiger partial charge in [-0.25, -0.2) is 9.07 Å². The van der Waals surface area contributed by atoms with E-state index < -0.39 is 0 Å². The fraction of sp³-hybridized carbons (Fsp3) is 0.211. The number of amides is 2. The van der Waals surface area contributed by atoms with Crippen LogP contribution in [0.25, 0.3) is 5.69 Å². The van der Waals surface area contributed by atoms with Crippen LogP contribution < -0.4 is 5.32 Å². The minimum atomic E-state index is -0.330. The van der Waals surface area contributed by atoms with Gasteiger partial charge in [0.2, 0.25) is 5.91 Å². The van der Waals surface area contributed by atoms with Gasteiger partial charge in [-0.05, 0) is 59.3 Å². The van der Waals surface area contributed by atoms with Gasteiger partial charge in [-0.3, -0.25) is 9.59 Å². The van der Waals surface area contributed by atoms with E-state index >= 15 is 0 Å². The van der Waals surface area contributed by atoms with E-state index in [1.54, 1.807) is 43.3 Å². The topological polar surface area (TPSA) is 93.0 Å². The number of nitrogens with one attached hydrogen (secondary N) is 1. The first-order valence-corrected chi connectivity index (χ1v) is 8.70. The van der Waals surface area contributed by atoms with Crippen molar-refractivity contribution in [3.8, 4) is 5.69 Å². The van der Waals surface area contributed by atoms with Gasteiger partial charge in [0.1, 0.15) is 12.1 Å². The molecule has 144 valence electrons. The molecule has 1 heterocycles. The van der Waals surface area contributed by atoms with Gasteiger partial charge in [0.25, 0.3) is 5.91 Å². The normalized spacial score (nSPS) is 10.5. The molecule has 8 nitrogen and oxygen atoms in total. The zero-order chi connectivity index (χ0) is 19.9. The van der Waals surface area contributed by atoms with Crippen LogP contribution in [0.5, 0.6) is 0 Å². The molecule has 0 spiro atoms. The van der Waals surface area contributed by atoms with Crippen LogP contribution in [0.15, 0.2) is 54.9 Å². The Morgan fingerprint density at radius 2 is 1.82 bits per heavy atom. The zero-order valence-corrected chi connectivity index (χ0v) is 15.2. The maximum atomic E-state index is 12.9. The largest absolute Gasteiger partial charge is 0.350 e. The third-order valence-electron chi connectivity index (χ3n) is 4.13. The molecule has 28 heavy (non-hydrogen) atoms. The lowest BCUT2D eigenvalue weighted by molar-refractivity contribution is -0.121.